The van der Waals surface area contributed by atoms with Gasteiger partial charge in [0.05, 0.1) is 6.04 Å². The largest absolute Gasteiger partial charge is 0.480 e. The molecule has 0 aliphatic heterocycles. The van der Waals surface area contributed by atoms with Crippen LogP contribution in [0.1, 0.15) is 40.0 Å². The van der Waals surface area contributed by atoms with E-state index in [0.29, 0.717) is 12.8 Å². The van der Waals surface area contributed by atoms with Gasteiger partial charge in [-0.15, -0.1) is 0 Å². The number of thiol groups is 1. The van der Waals surface area contributed by atoms with E-state index in [1.54, 1.807) is 0 Å². The van der Waals surface area contributed by atoms with Crippen molar-refractivity contribution in [3.05, 3.63) is 0 Å². The number of hydrogen-bond acceptors (Lipinski definition) is 7. The molecule has 0 saturated heterocycles. The first-order chi connectivity index (χ1) is 14.4. The smallest absolute Gasteiger partial charge is 0.327 e. The van der Waals surface area contributed by atoms with E-state index in [2.05, 4.69) is 33.6 Å². The lowest BCUT2D eigenvalue weighted by atomic mass is 10.0. The zero-order valence-electron chi connectivity index (χ0n) is 18.1. The summed E-state index contributed by atoms with van der Waals surface area (Å²) in [5, 5.41) is 16.6. The summed E-state index contributed by atoms with van der Waals surface area (Å²) in [6.07, 6.45) is 0.805. The van der Waals surface area contributed by atoms with Crippen molar-refractivity contribution >= 4 is 42.3 Å². The van der Waals surface area contributed by atoms with Crippen molar-refractivity contribution in [2.24, 2.45) is 28.1 Å². The number of carboxylic acid groups (broad SMARTS) is 1. The Labute approximate surface area is 187 Å². The molecule has 3 amide bonds. The first-order valence-corrected chi connectivity index (χ1v) is 10.6. The Hall–Kier alpha value is -2.54. The van der Waals surface area contributed by atoms with Gasteiger partial charge in [-0.25, -0.2) is 4.79 Å². The molecule has 12 nitrogen and oxygen atoms in total. The molecule has 0 aromatic heterocycles. The molecule has 31 heavy (non-hydrogen) atoms. The topological polar surface area (TPSA) is 215 Å². The number of carbonyl (C=O) groups is 4. The van der Waals surface area contributed by atoms with Crippen molar-refractivity contribution < 1.29 is 24.3 Å². The highest BCUT2D eigenvalue weighted by Gasteiger charge is 2.29. The molecule has 0 spiro atoms. The van der Waals surface area contributed by atoms with Crippen molar-refractivity contribution in [1.29, 1.82) is 0 Å². The fraction of sp³-hybridized carbons (Fsp3) is 0.722. The van der Waals surface area contributed by atoms with Crippen LogP contribution in [0.5, 0.6) is 0 Å². The van der Waals surface area contributed by atoms with Gasteiger partial charge in [0.15, 0.2) is 5.96 Å². The standard InChI is InChI=1S/C18H35N7O5S/c1-9(2)7-12(24-14(26)10(3)19)16(28)23-11(5-4-6-22-18(20)21)15(27)25-13(8-31)17(29)30/h9-13,31H,4-8,19H2,1-3H3,(H,23,28)(H,24,26)(H,25,27)(H,29,30)(H4,20,21,22). The van der Waals surface area contributed by atoms with Crippen LogP contribution in [0, 0.1) is 5.92 Å². The molecule has 13 heteroatoms. The summed E-state index contributed by atoms with van der Waals surface area (Å²) < 4.78 is 0. The number of nitrogens with two attached hydrogens (primary N) is 3. The third-order valence-corrected chi connectivity index (χ3v) is 4.49. The number of nitrogens with zero attached hydrogens (tertiary/aromatic N) is 1. The minimum absolute atomic E-state index is 0.0684. The van der Waals surface area contributed by atoms with Gasteiger partial charge in [0, 0.05) is 12.3 Å². The van der Waals surface area contributed by atoms with Crippen LogP contribution < -0.4 is 33.2 Å². The summed E-state index contributed by atoms with van der Waals surface area (Å²) in [6, 6.07) is -4.01. The van der Waals surface area contributed by atoms with Crippen molar-refractivity contribution in [2.75, 3.05) is 12.3 Å². The zero-order valence-corrected chi connectivity index (χ0v) is 19.0. The minimum atomic E-state index is -1.25. The normalized spacial score (nSPS) is 14.6. The number of nitrogens with one attached hydrogen (secondary N) is 3. The summed E-state index contributed by atoms with van der Waals surface area (Å²) >= 11 is 3.92. The fourth-order valence-electron chi connectivity index (χ4n) is 2.51. The number of amides is 3. The Bertz CT molecular complexity index is 653. The van der Waals surface area contributed by atoms with Gasteiger partial charge in [-0.1, -0.05) is 13.8 Å². The highest BCUT2D eigenvalue weighted by Crippen LogP contribution is 2.08. The molecule has 178 valence electrons. The molecule has 10 N–H and O–H groups in total. The van der Waals surface area contributed by atoms with Crippen molar-refractivity contribution in [2.45, 2.75) is 64.2 Å². The maximum absolute atomic E-state index is 12.8. The van der Waals surface area contributed by atoms with Gasteiger partial charge in [-0.05, 0) is 32.1 Å². The first kappa shape index (κ1) is 28.5. The van der Waals surface area contributed by atoms with Crippen LogP contribution in [0.3, 0.4) is 0 Å². The molecule has 0 fully saturated rings. The molecule has 0 heterocycles. The van der Waals surface area contributed by atoms with E-state index < -0.39 is 47.9 Å². The van der Waals surface area contributed by atoms with Crippen LogP contribution in [0.25, 0.3) is 0 Å². The van der Waals surface area contributed by atoms with Gasteiger partial charge in [-0.3, -0.25) is 19.4 Å². The van der Waals surface area contributed by atoms with Gasteiger partial charge < -0.3 is 38.3 Å². The fourth-order valence-corrected chi connectivity index (χ4v) is 2.76. The number of aliphatic carboxylic acids is 1. The monoisotopic (exact) mass is 461 g/mol. The van der Waals surface area contributed by atoms with Crippen LogP contribution in [-0.2, 0) is 19.2 Å². The molecular weight excluding hydrogens is 426 g/mol. The maximum atomic E-state index is 12.8. The van der Waals surface area contributed by atoms with Gasteiger partial charge in [0.25, 0.3) is 0 Å². The Morgan fingerprint density at radius 3 is 1.90 bits per heavy atom. The van der Waals surface area contributed by atoms with Gasteiger partial charge in [-0.2, -0.15) is 12.6 Å². The number of carbonyl (C=O) groups excluding carboxylic acids is 3. The summed E-state index contributed by atoms with van der Waals surface area (Å²) in [6.45, 7) is 5.46. The first-order valence-electron chi connectivity index (χ1n) is 9.94. The average molecular weight is 462 g/mol. The van der Waals surface area contributed by atoms with Crippen molar-refractivity contribution in [3.63, 3.8) is 0 Å². The lowest BCUT2D eigenvalue weighted by Gasteiger charge is -2.25. The second-order valence-corrected chi connectivity index (χ2v) is 7.94. The Balaban J connectivity index is 5.42. The lowest BCUT2D eigenvalue weighted by Crippen LogP contribution is -2.57. The second kappa shape index (κ2) is 14.5. The molecule has 0 aliphatic rings. The minimum Gasteiger partial charge on any atom is -0.480 e. The third kappa shape index (κ3) is 12.0. The van der Waals surface area contributed by atoms with E-state index in [1.807, 2.05) is 13.8 Å². The van der Waals surface area contributed by atoms with Crippen LogP contribution in [0.2, 0.25) is 0 Å². The van der Waals surface area contributed by atoms with Gasteiger partial charge in [0.2, 0.25) is 17.7 Å². The van der Waals surface area contributed by atoms with Gasteiger partial charge >= 0.3 is 5.97 Å². The van der Waals surface area contributed by atoms with Crippen LogP contribution >= 0.6 is 12.6 Å². The molecule has 4 atom stereocenters. The number of aliphatic imine (C=N–C) groups is 1. The molecule has 0 aromatic rings. The summed E-state index contributed by atoms with van der Waals surface area (Å²) in [7, 11) is 0. The van der Waals surface area contributed by atoms with Crippen molar-refractivity contribution in [3.8, 4) is 0 Å². The molecule has 0 aromatic carbocycles. The highest BCUT2D eigenvalue weighted by atomic mass is 32.1. The average Bonchev–Trinajstić information content (AvgIpc) is 2.66. The number of carboxylic acids is 1. The molecule has 0 rings (SSSR count). The molecular formula is C18H35N7O5S. The van der Waals surface area contributed by atoms with Crippen molar-refractivity contribution in [1.82, 2.24) is 16.0 Å². The zero-order chi connectivity index (χ0) is 24.1. The Morgan fingerprint density at radius 1 is 0.935 bits per heavy atom. The quantitative estimate of drug-likeness (QED) is 0.0619. The van der Waals surface area contributed by atoms with E-state index in [1.165, 1.54) is 6.92 Å². The summed E-state index contributed by atoms with van der Waals surface area (Å²) in [5.41, 5.74) is 16.1. The predicted molar refractivity (Wildman–Crippen MR) is 120 cm³/mol. The van der Waals surface area contributed by atoms with Crippen LogP contribution in [0.15, 0.2) is 4.99 Å². The van der Waals surface area contributed by atoms with E-state index >= 15 is 0 Å². The third-order valence-electron chi connectivity index (χ3n) is 4.13. The second-order valence-electron chi connectivity index (χ2n) is 7.57. The molecule has 4 unspecified atom stereocenters. The summed E-state index contributed by atoms with van der Waals surface area (Å²) in [5.74, 6) is -3.20. The molecule has 0 saturated carbocycles. The number of hydrogen-bond donors (Lipinski definition) is 8. The van der Waals surface area contributed by atoms with E-state index in [4.69, 9.17) is 22.3 Å². The van der Waals surface area contributed by atoms with E-state index in [-0.39, 0.29) is 30.6 Å². The Kier molecular flexibility index (Phi) is 13.3. The number of guanidine groups is 1. The van der Waals surface area contributed by atoms with Gasteiger partial charge in [0.1, 0.15) is 18.1 Å². The SMILES string of the molecule is CC(C)CC(NC(=O)C(C)N)C(=O)NC(CCCN=C(N)N)C(=O)NC(CS)C(=O)O. The Morgan fingerprint density at radius 2 is 1.45 bits per heavy atom. The van der Waals surface area contributed by atoms with E-state index in [9.17, 15) is 19.2 Å². The predicted octanol–water partition coefficient (Wildman–Crippen LogP) is -2.10. The maximum Gasteiger partial charge on any atom is 0.327 e. The lowest BCUT2D eigenvalue weighted by molar-refractivity contribution is -0.141. The summed E-state index contributed by atoms with van der Waals surface area (Å²) in [4.78, 5) is 52.5. The molecule has 0 aliphatic carbocycles. The van der Waals surface area contributed by atoms with Crippen LogP contribution in [-0.4, -0.2) is 71.2 Å². The van der Waals surface area contributed by atoms with E-state index in [0.717, 1.165) is 0 Å². The molecule has 0 bridgehead atoms. The number of rotatable bonds is 14. The highest BCUT2D eigenvalue weighted by molar-refractivity contribution is 7.80. The molecule has 0 radical (unpaired) electrons. The van der Waals surface area contributed by atoms with Crippen LogP contribution in [0.4, 0.5) is 0 Å².